The minimum atomic E-state index is -1.55. The molecule has 6 heteroatoms. The summed E-state index contributed by atoms with van der Waals surface area (Å²) in [7, 11) is -1.55. The lowest BCUT2D eigenvalue weighted by Gasteiger charge is -2.31. The number of fused-ring (bicyclic) bond motifs is 1. The Kier molecular flexibility index (Phi) is 3.95. The Morgan fingerprint density at radius 2 is 1.96 bits per heavy atom. The molecule has 1 spiro atoms. The van der Waals surface area contributed by atoms with Crippen LogP contribution in [0.5, 0.6) is 5.75 Å². The van der Waals surface area contributed by atoms with E-state index >= 15 is 0 Å². The van der Waals surface area contributed by atoms with E-state index in [1.807, 2.05) is 19.1 Å². The van der Waals surface area contributed by atoms with Crippen molar-refractivity contribution in [2.45, 2.75) is 30.6 Å². The Balaban J connectivity index is 1.67. The van der Waals surface area contributed by atoms with E-state index in [-0.39, 0.29) is 17.1 Å². The van der Waals surface area contributed by atoms with E-state index in [4.69, 9.17) is 4.74 Å². The lowest BCUT2D eigenvalue weighted by Crippen LogP contribution is -2.29. The molecule has 1 aliphatic carbocycles. The molecule has 0 radical (unpaired) electrons. The fraction of sp³-hybridized carbons (Fsp3) is 0.316. The van der Waals surface area contributed by atoms with Crippen molar-refractivity contribution in [3.8, 4) is 5.75 Å². The molecule has 0 bridgehead atoms. The van der Waals surface area contributed by atoms with Crippen LogP contribution in [0.15, 0.2) is 45.7 Å². The van der Waals surface area contributed by atoms with E-state index in [1.54, 1.807) is 18.3 Å². The summed E-state index contributed by atoms with van der Waals surface area (Å²) in [5.74, 6) is -1.45. The van der Waals surface area contributed by atoms with Gasteiger partial charge in [-0.1, -0.05) is 17.7 Å². The number of nitrogens with zero attached hydrogens (tertiary/aromatic N) is 1. The summed E-state index contributed by atoms with van der Waals surface area (Å²) in [4.78, 5) is 0.596. The van der Waals surface area contributed by atoms with Gasteiger partial charge in [0.15, 0.2) is 11.0 Å². The van der Waals surface area contributed by atoms with Gasteiger partial charge in [0.2, 0.25) is 0 Å². The monoisotopic (exact) mass is 361 g/mol. The van der Waals surface area contributed by atoms with Gasteiger partial charge in [-0.3, -0.25) is 0 Å². The number of ether oxygens (including phenoxy) is 1. The van der Waals surface area contributed by atoms with Gasteiger partial charge in [0, 0.05) is 35.2 Å². The van der Waals surface area contributed by atoms with Crippen molar-refractivity contribution in [3.63, 3.8) is 0 Å². The standard InChI is InChI=1S/C19H17F2NO2S/c1-12-2-4-14(5-3-12)25(23)22-10-15-18-16(21)8-13(20)9-17(18)24-11-19(15)6-7-19/h2-5,8-10,15H,6-7,11H2,1H3/b22-10+/t15?,25-/m0/s1. The molecule has 0 amide bonds. The van der Waals surface area contributed by atoms with Gasteiger partial charge in [-0.15, -0.1) is 0 Å². The van der Waals surface area contributed by atoms with Gasteiger partial charge in [0.1, 0.15) is 17.4 Å². The quantitative estimate of drug-likeness (QED) is 0.764. The fourth-order valence-corrected chi connectivity index (χ4v) is 4.00. The predicted octanol–water partition coefficient (Wildman–Crippen LogP) is 4.32. The molecule has 2 aromatic rings. The van der Waals surface area contributed by atoms with Gasteiger partial charge in [-0.2, -0.15) is 4.40 Å². The molecule has 0 aromatic heterocycles. The van der Waals surface area contributed by atoms with Crippen molar-refractivity contribution in [1.29, 1.82) is 0 Å². The van der Waals surface area contributed by atoms with Gasteiger partial charge < -0.3 is 4.74 Å². The Morgan fingerprint density at radius 1 is 1.24 bits per heavy atom. The maximum atomic E-state index is 14.4. The summed E-state index contributed by atoms with van der Waals surface area (Å²) >= 11 is 0. The summed E-state index contributed by atoms with van der Waals surface area (Å²) in [6.07, 6.45) is 3.33. The first-order valence-corrected chi connectivity index (χ1v) is 9.24. The topological polar surface area (TPSA) is 38.7 Å². The number of benzene rings is 2. The number of hydrogen-bond donors (Lipinski definition) is 0. The van der Waals surface area contributed by atoms with E-state index in [9.17, 15) is 13.0 Å². The molecule has 1 aliphatic heterocycles. The van der Waals surface area contributed by atoms with E-state index in [2.05, 4.69) is 4.40 Å². The van der Waals surface area contributed by atoms with Crippen molar-refractivity contribution < 1.29 is 17.7 Å². The van der Waals surface area contributed by atoms with Crippen LogP contribution in [0.3, 0.4) is 0 Å². The second kappa shape index (κ2) is 6.02. The molecule has 25 heavy (non-hydrogen) atoms. The van der Waals surface area contributed by atoms with E-state index in [0.29, 0.717) is 17.1 Å². The highest BCUT2D eigenvalue weighted by Gasteiger charge is 2.54. The Bertz CT molecular complexity index is 876. The minimum absolute atomic E-state index is 0.215. The minimum Gasteiger partial charge on any atom is -0.492 e. The van der Waals surface area contributed by atoms with Crippen molar-refractivity contribution in [3.05, 3.63) is 59.2 Å². The zero-order valence-corrected chi connectivity index (χ0v) is 14.5. The third kappa shape index (κ3) is 2.99. The average Bonchev–Trinajstić information content (AvgIpc) is 3.35. The van der Waals surface area contributed by atoms with E-state index in [1.165, 1.54) is 6.07 Å². The molecule has 3 nitrogen and oxygen atoms in total. The SMILES string of the molecule is Cc1ccc([S@](=O)/N=C/C2c3c(F)cc(F)cc3OCC23CC3)cc1. The van der Waals surface area contributed by atoms with Crippen LogP contribution in [0.2, 0.25) is 0 Å². The van der Waals surface area contributed by atoms with Crippen LogP contribution in [0.4, 0.5) is 8.78 Å². The highest BCUT2D eigenvalue weighted by Crippen LogP contribution is 2.59. The molecule has 1 fully saturated rings. The molecule has 1 heterocycles. The lowest BCUT2D eigenvalue weighted by molar-refractivity contribution is 0.194. The fourth-order valence-electron chi connectivity index (χ4n) is 3.28. The summed E-state index contributed by atoms with van der Waals surface area (Å²) in [6, 6.07) is 9.34. The Hall–Kier alpha value is -2.08. The van der Waals surface area contributed by atoms with Gasteiger partial charge in [0.05, 0.1) is 11.5 Å². The third-order valence-corrected chi connectivity index (χ3v) is 5.95. The van der Waals surface area contributed by atoms with Crippen LogP contribution in [-0.4, -0.2) is 17.0 Å². The first-order valence-electron chi connectivity index (χ1n) is 8.13. The highest BCUT2D eigenvalue weighted by atomic mass is 32.2. The number of aryl methyl sites for hydroxylation is 1. The molecule has 130 valence electrons. The van der Waals surface area contributed by atoms with Crippen LogP contribution in [0, 0.1) is 24.0 Å². The van der Waals surface area contributed by atoms with E-state index in [0.717, 1.165) is 24.5 Å². The molecule has 4 rings (SSSR count). The van der Waals surface area contributed by atoms with Crippen molar-refractivity contribution in [1.82, 2.24) is 0 Å². The zero-order chi connectivity index (χ0) is 17.6. The maximum Gasteiger partial charge on any atom is 0.172 e. The summed E-state index contributed by atoms with van der Waals surface area (Å²) in [6.45, 7) is 2.35. The predicted molar refractivity (Wildman–Crippen MR) is 92.3 cm³/mol. The first-order chi connectivity index (χ1) is 12.0. The normalized spacial score (nSPS) is 21.8. The largest absolute Gasteiger partial charge is 0.492 e. The maximum absolute atomic E-state index is 14.4. The van der Waals surface area contributed by atoms with Crippen molar-refractivity contribution in [2.75, 3.05) is 6.61 Å². The van der Waals surface area contributed by atoms with Crippen LogP contribution in [0.1, 0.15) is 29.9 Å². The average molecular weight is 361 g/mol. The first kappa shape index (κ1) is 16.4. The lowest BCUT2D eigenvalue weighted by atomic mass is 9.82. The molecular formula is C19H17F2NO2S. The molecule has 0 saturated heterocycles. The molecule has 1 unspecified atom stereocenters. The number of halogens is 2. The summed E-state index contributed by atoms with van der Waals surface area (Å²) < 4.78 is 50.0. The Labute approximate surface area is 147 Å². The zero-order valence-electron chi connectivity index (χ0n) is 13.7. The van der Waals surface area contributed by atoms with Crippen LogP contribution in [-0.2, 0) is 11.0 Å². The third-order valence-electron chi connectivity index (χ3n) is 4.96. The van der Waals surface area contributed by atoms with Crippen molar-refractivity contribution >= 4 is 17.2 Å². The van der Waals surface area contributed by atoms with E-state index < -0.39 is 22.6 Å². The van der Waals surface area contributed by atoms with Crippen LogP contribution < -0.4 is 4.74 Å². The molecule has 0 N–H and O–H groups in total. The second-order valence-electron chi connectivity index (χ2n) is 6.74. The molecule has 2 aromatic carbocycles. The number of hydrogen-bond acceptors (Lipinski definition) is 2. The molecular weight excluding hydrogens is 344 g/mol. The van der Waals surface area contributed by atoms with Crippen LogP contribution >= 0.6 is 0 Å². The van der Waals surface area contributed by atoms with Crippen molar-refractivity contribution in [2.24, 2.45) is 9.81 Å². The summed E-state index contributed by atoms with van der Waals surface area (Å²) in [5, 5.41) is 0. The highest BCUT2D eigenvalue weighted by molar-refractivity contribution is 7.83. The molecule has 2 aliphatic rings. The summed E-state index contributed by atoms with van der Waals surface area (Å²) in [5.41, 5.74) is 1.17. The second-order valence-corrected chi connectivity index (χ2v) is 7.93. The van der Waals surface area contributed by atoms with Gasteiger partial charge >= 0.3 is 0 Å². The van der Waals surface area contributed by atoms with Crippen LogP contribution in [0.25, 0.3) is 0 Å². The van der Waals surface area contributed by atoms with Gasteiger partial charge in [-0.05, 0) is 31.9 Å². The smallest absolute Gasteiger partial charge is 0.172 e. The van der Waals surface area contributed by atoms with Gasteiger partial charge in [0.25, 0.3) is 0 Å². The van der Waals surface area contributed by atoms with Gasteiger partial charge in [-0.25, -0.2) is 13.0 Å². The molecule has 1 saturated carbocycles. The Morgan fingerprint density at radius 3 is 2.64 bits per heavy atom. The molecule has 2 atom stereocenters. The number of rotatable bonds is 3.